The summed E-state index contributed by atoms with van der Waals surface area (Å²) < 4.78 is 0. The molecule has 0 aliphatic rings. The summed E-state index contributed by atoms with van der Waals surface area (Å²) in [6.45, 7) is 17.8. The van der Waals surface area contributed by atoms with Crippen molar-refractivity contribution in [3.8, 4) is 0 Å². The summed E-state index contributed by atoms with van der Waals surface area (Å²) in [6.07, 6.45) is 0. The van der Waals surface area contributed by atoms with E-state index in [-0.39, 0.29) is 10.8 Å². The molecule has 3 aromatic carbocycles. The Hall–Kier alpha value is -2.74. The third-order valence-electron chi connectivity index (χ3n) is 5.63. The van der Waals surface area contributed by atoms with Crippen molar-refractivity contribution < 1.29 is 0 Å². The van der Waals surface area contributed by atoms with Gasteiger partial charge in [0.15, 0.2) is 0 Å². The summed E-state index contributed by atoms with van der Waals surface area (Å²) in [5.74, 6) is 0. The van der Waals surface area contributed by atoms with E-state index in [2.05, 4.69) is 127 Å². The van der Waals surface area contributed by atoms with E-state index in [0.29, 0.717) is 0 Å². The molecule has 158 valence electrons. The van der Waals surface area contributed by atoms with Crippen molar-refractivity contribution in [3.63, 3.8) is 0 Å². The van der Waals surface area contributed by atoms with Crippen LogP contribution in [0.4, 0.5) is 22.7 Å². The Balaban J connectivity index is 1.77. The highest BCUT2D eigenvalue weighted by Gasteiger charge is 2.14. The minimum absolute atomic E-state index is 0.170. The van der Waals surface area contributed by atoms with Crippen LogP contribution in [0.2, 0.25) is 0 Å². The molecule has 0 aliphatic heterocycles. The van der Waals surface area contributed by atoms with Gasteiger partial charge < -0.3 is 10.6 Å². The molecule has 0 spiro atoms. The lowest BCUT2D eigenvalue weighted by Crippen LogP contribution is -2.10. The molecule has 0 heterocycles. The van der Waals surface area contributed by atoms with Crippen LogP contribution in [0.15, 0.2) is 60.7 Å². The molecule has 0 radical (unpaired) electrons. The van der Waals surface area contributed by atoms with Crippen LogP contribution < -0.4 is 10.6 Å². The van der Waals surface area contributed by atoms with E-state index in [1.165, 1.54) is 22.3 Å². The number of hydrogen-bond acceptors (Lipinski definition) is 2. The summed E-state index contributed by atoms with van der Waals surface area (Å²) in [5, 5.41) is 7.16. The van der Waals surface area contributed by atoms with Crippen LogP contribution in [0.3, 0.4) is 0 Å². The maximum atomic E-state index is 3.58. The van der Waals surface area contributed by atoms with Gasteiger partial charge >= 0.3 is 0 Å². The van der Waals surface area contributed by atoms with Gasteiger partial charge in [-0.3, -0.25) is 0 Å². The zero-order valence-electron chi connectivity index (χ0n) is 19.8. The van der Waals surface area contributed by atoms with E-state index in [1.54, 1.807) is 0 Å². The maximum Gasteiger partial charge on any atom is 0.0418 e. The Morgan fingerprint density at radius 3 is 1.07 bits per heavy atom. The number of benzene rings is 3. The van der Waals surface area contributed by atoms with E-state index in [0.717, 1.165) is 22.7 Å². The molecule has 3 aromatic rings. The molecule has 2 heteroatoms. The molecule has 2 nitrogen and oxygen atoms in total. The summed E-state index contributed by atoms with van der Waals surface area (Å²) in [4.78, 5) is 0. The van der Waals surface area contributed by atoms with Crippen LogP contribution in [0.1, 0.15) is 63.8 Å². The lowest BCUT2D eigenvalue weighted by molar-refractivity contribution is 0.590. The van der Waals surface area contributed by atoms with Crippen LogP contribution in [0.25, 0.3) is 0 Å². The van der Waals surface area contributed by atoms with Gasteiger partial charge in [0, 0.05) is 22.7 Å². The highest BCUT2D eigenvalue weighted by molar-refractivity contribution is 5.72. The number of anilines is 4. The summed E-state index contributed by atoms with van der Waals surface area (Å²) in [6, 6.07) is 21.9. The number of hydrogen-bond donors (Lipinski definition) is 2. The number of aryl methyl sites for hydroxylation is 2. The second kappa shape index (κ2) is 8.18. The smallest absolute Gasteiger partial charge is 0.0418 e. The topological polar surface area (TPSA) is 24.1 Å². The van der Waals surface area contributed by atoms with Gasteiger partial charge in [0.2, 0.25) is 0 Å². The fraction of sp³-hybridized carbons (Fsp3) is 0.357. The van der Waals surface area contributed by atoms with E-state index in [9.17, 15) is 0 Å². The Morgan fingerprint density at radius 1 is 0.500 bits per heavy atom. The zero-order chi connectivity index (χ0) is 22.1. The lowest BCUT2D eigenvalue weighted by Gasteiger charge is -2.20. The minimum atomic E-state index is 0.170. The molecular weight excluding hydrogens is 364 g/mol. The first-order chi connectivity index (χ1) is 13.9. The maximum absolute atomic E-state index is 3.58. The van der Waals surface area contributed by atoms with E-state index >= 15 is 0 Å². The molecule has 30 heavy (non-hydrogen) atoms. The second-order valence-corrected chi connectivity index (χ2v) is 10.4. The quantitative estimate of drug-likeness (QED) is 0.459. The molecule has 0 atom stereocenters. The first-order valence-electron chi connectivity index (χ1n) is 10.8. The average Bonchev–Trinajstić information content (AvgIpc) is 2.65. The minimum Gasteiger partial charge on any atom is -0.355 e. The second-order valence-electron chi connectivity index (χ2n) is 10.4. The molecule has 3 rings (SSSR count). The monoisotopic (exact) mass is 400 g/mol. The summed E-state index contributed by atoms with van der Waals surface area (Å²) in [5.41, 5.74) is 9.98. The summed E-state index contributed by atoms with van der Waals surface area (Å²) >= 11 is 0. The van der Waals surface area contributed by atoms with Gasteiger partial charge in [0.25, 0.3) is 0 Å². The van der Waals surface area contributed by atoms with Crippen LogP contribution in [0.5, 0.6) is 0 Å². The van der Waals surface area contributed by atoms with Crippen LogP contribution in [0, 0.1) is 13.8 Å². The molecule has 0 aliphatic carbocycles. The Kier molecular flexibility index (Phi) is 5.99. The number of nitrogens with one attached hydrogen (secondary N) is 2. The Bertz CT molecular complexity index is 913. The van der Waals surface area contributed by atoms with Gasteiger partial charge in [-0.05, 0) is 83.3 Å². The predicted molar refractivity (Wildman–Crippen MR) is 133 cm³/mol. The van der Waals surface area contributed by atoms with Crippen molar-refractivity contribution in [1.29, 1.82) is 0 Å². The fourth-order valence-electron chi connectivity index (χ4n) is 3.50. The van der Waals surface area contributed by atoms with Crippen molar-refractivity contribution in [2.75, 3.05) is 10.6 Å². The molecule has 0 unspecified atom stereocenters. The van der Waals surface area contributed by atoms with Crippen LogP contribution >= 0.6 is 0 Å². The fourth-order valence-corrected chi connectivity index (χ4v) is 3.50. The largest absolute Gasteiger partial charge is 0.355 e. The van der Waals surface area contributed by atoms with Crippen molar-refractivity contribution in [1.82, 2.24) is 0 Å². The van der Waals surface area contributed by atoms with Crippen LogP contribution in [-0.4, -0.2) is 0 Å². The third-order valence-corrected chi connectivity index (χ3v) is 5.63. The SMILES string of the molecule is Cc1cc(Nc2ccc(C(C)(C)C)cc2)c(C)cc1Nc1ccc(C(C)(C)C)cc1. The predicted octanol–water partition coefficient (Wildman–Crippen LogP) is 8.39. The molecular formula is C28H36N2. The molecule has 0 saturated carbocycles. The summed E-state index contributed by atoms with van der Waals surface area (Å²) in [7, 11) is 0. The molecule has 2 N–H and O–H groups in total. The average molecular weight is 401 g/mol. The van der Waals surface area contributed by atoms with Gasteiger partial charge in [-0.15, -0.1) is 0 Å². The van der Waals surface area contributed by atoms with E-state index < -0.39 is 0 Å². The van der Waals surface area contributed by atoms with Crippen molar-refractivity contribution in [2.45, 2.75) is 66.2 Å². The van der Waals surface area contributed by atoms with Crippen molar-refractivity contribution >= 4 is 22.7 Å². The molecule has 0 fully saturated rings. The first-order valence-corrected chi connectivity index (χ1v) is 10.8. The Morgan fingerprint density at radius 2 is 0.800 bits per heavy atom. The zero-order valence-corrected chi connectivity index (χ0v) is 19.8. The van der Waals surface area contributed by atoms with Gasteiger partial charge in [-0.25, -0.2) is 0 Å². The van der Waals surface area contributed by atoms with Crippen molar-refractivity contribution in [3.05, 3.63) is 82.9 Å². The number of rotatable bonds is 4. The van der Waals surface area contributed by atoms with E-state index in [1.807, 2.05) is 0 Å². The van der Waals surface area contributed by atoms with Crippen LogP contribution in [-0.2, 0) is 10.8 Å². The molecule has 0 bridgehead atoms. The molecule has 0 aromatic heterocycles. The lowest BCUT2D eigenvalue weighted by atomic mass is 9.87. The normalized spacial score (nSPS) is 12.0. The third kappa shape index (κ3) is 5.24. The van der Waals surface area contributed by atoms with Gasteiger partial charge in [-0.1, -0.05) is 65.8 Å². The van der Waals surface area contributed by atoms with E-state index in [4.69, 9.17) is 0 Å². The molecule has 0 amide bonds. The van der Waals surface area contributed by atoms with Gasteiger partial charge in [0.1, 0.15) is 0 Å². The highest BCUT2D eigenvalue weighted by Crippen LogP contribution is 2.31. The highest BCUT2D eigenvalue weighted by atomic mass is 14.9. The standard InChI is InChI=1S/C28H36N2/c1-19-17-26(30-24-15-11-22(12-16-24)28(6,7)8)20(2)18-25(19)29-23-13-9-21(10-14-23)27(3,4)5/h9-18,29-30H,1-8H3. The first kappa shape index (κ1) is 22.0. The van der Waals surface area contributed by atoms with Gasteiger partial charge in [0.05, 0.1) is 0 Å². The van der Waals surface area contributed by atoms with Gasteiger partial charge in [-0.2, -0.15) is 0 Å². The molecule has 0 saturated heterocycles. The Labute approximate surface area is 182 Å². The van der Waals surface area contributed by atoms with Crippen molar-refractivity contribution in [2.24, 2.45) is 0 Å².